The zero-order valence-electron chi connectivity index (χ0n) is 15.6. The van der Waals surface area contributed by atoms with Crippen molar-refractivity contribution in [3.63, 3.8) is 0 Å². The fourth-order valence-electron chi connectivity index (χ4n) is 3.09. The van der Waals surface area contributed by atoms with Crippen LogP contribution in [0.5, 0.6) is 17.2 Å². The Morgan fingerprint density at radius 1 is 1.07 bits per heavy atom. The summed E-state index contributed by atoms with van der Waals surface area (Å²) in [6.07, 6.45) is 0.654. The molecule has 150 valence electrons. The van der Waals surface area contributed by atoms with Gasteiger partial charge in [0.2, 0.25) is 0 Å². The number of ketones is 1. The number of carbonyl (C=O) groups is 1. The first kappa shape index (κ1) is 20.4. The SMILES string of the molecule is COc1ccc(OC)c(C(=O)C2CC2c2ccc(C)c(OOP(=O)(O)O)c2)c1. The molecule has 28 heavy (non-hydrogen) atoms. The van der Waals surface area contributed by atoms with Gasteiger partial charge in [-0.15, -0.1) is 0 Å². The fourth-order valence-corrected chi connectivity index (χ4v) is 3.26. The second-order valence-electron chi connectivity index (χ2n) is 6.55. The number of hydrogen-bond donors (Lipinski definition) is 2. The van der Waals surface area contributed by atoms with E-state index in [1.807, 2.05) is 6.07 Å². The number of benzene rings is 2. The molecule has 0 aliphatic heterocycles. The minimum atomic E-state index is -4.76. The lowest BCUT2D eigenvalue weighted by molar-refractivity contribution is -0.123. The van der Waals surface area contributed by atoms with E-state index in [0.717, 1.165) is 5.56 Å². The van der Waals surface area contributed by atoms with Gasteiger partial charge in [0.05, 0.1) is 19.8 Å². The Bertz CT molecular complexity index is 936. The maximum Gasteiger partial charge on any atom is 0.505 e. The Hall–Kier alpha value is -2.38. The molecule has 0 aromatic heterocycles. The van der Waals surface area contributed by atoms with Gasteiger partial charge in [-0.1, -0.05) is 16.8 Å². The van der Waals surface area contributed by atoms with Gasteiger partial charge in [0.15, 0.2) is 11.5 Å². The molecular formula is C19H21O8P. The van der Waals surface area contributed by atoms with E-state index in [0.29, 0.717) is 29.0 Å². The van der Waals surface area contributed by atoms with Crippen molar-refractivity contribution in [1.82, 2.24) is 0 Å². The highest BCUT2D eigenvalue weighted by Crippen LogP contribution is 2.51. The van der Waals surface area contributed by atoms with Crippen molar-refractivity contribution in [3.8, 4) is 17.2 Å². The molecule has 0 heterocycles. The van der Waals surface area contributed by atoms with Crippen LogP contribution >= 0.6 is 7.82 Å². The molecule has 1 aliphatic rings. The van der Waals surface area contributed by atoms with E-state index >= 15 is 0 Å². The zero-order chi connectivity index (χ0) is 20.5. The average Bonchev–Trinajstić information content (AvgIpc) is 3.46. The lowest BCUT2D eigenvalue weighted by Gasteiger charge is -2.11. The monoisotopic (exact) mass is 408 g/mol. The van der Waals surface area contributed by atoms with E-state index in [1.165, 1.54) is 14.2 Å². The molecule has 0 spiro atoms. The molecule has 2 N–H and O–H groups in total. The lowest BCUT2D eigenvalue weighted by Crippen LogP contribution is -2.06. The molecule has 1 aliphatic carbocycles. The van der Waals surface area contributed by atoms with E-state index in [2.05, 4.69) is 4.67 Å². The molecule has 0 saturated heterocycles. The predicted molar refractivity (Wildman–Crippen MR) is 99.7 cm³/mol. The van der Waals surface area contributed by atoms with Gasteiger partial charge in [0.25, 0.3) is 0 Å². The summed E-state index contributed by atoms with van der Waals surface area (Å²) in [7, 11) is -1.72. The number of Topliss-reactive ketones (excluding diaryl/α,β-unsaturated/α-hetero) is 1. The fraction of sp³-hybridized carbons (Fsp3) is 0.316. The van der Waals surface area contributed by atoms with E-state index in [4.69, 9.17) is 24.1 Å². The molecule has 2 aromatic rings. The summed E-state index contributed by atoms with van der Waals surface area (Å²) in [6, 6.07) is 10.3. The summed E-state index contributed by atoms with van der Waals surface area (Å²) in [5.41, 5.74) is 1.94. The van der Waals surface area contributed by atoms with E-state index in [-0.39, 0.29) is 23.4 Å². The number of hydrogen-bond acceptors (Lipinski definition) is 6. The molecule has 0 bridgehead atoms. The molecule has 9 heteroatoms. The van der Waals surface area contributed by atoms with Gasteiger partial charge >= 0.3 is 7.82 Å². The Morgan fingerprint density at radius 3 is 2.46 bits per heavy atom. The van der Waals surface area contributed by atoms with Gasteiger partial charge in [0, 0.05) is 5.92 Å². The highest BCUT2D eigenvalue weighted by Gasteiger charge is 2.45. The van der Waals surface area contributed by atoms with Crippen LogP contribution in [0.1, 0.15) is 33.8 Å². The minimum Gasteiger partial charge on any atom is -0.497 e. The predicted octanol–water partition coefficient (Wildman–Crippen LogP) is 3.40. The van der Waals surface area contributed by atoms with Gasteiger partial charge in [-0.2, -0.15) is 0 Å². The third kappa shape index (κ3) is 4.54. The number of rotatable bonds is 8. The largest absolute Gasteiger partial charge is 0.505 e. The summed E-state index contributed by atoms with van der Waals surface area (Å²) in [5, 5.41) is 0. The maximum absolute atomic E-state index is 13.0. The number of aryl methyl sites for hydroxylation is 1. The van der Waals surface area contributed by atoms with Crippen LogP contribution in [0.25, 0.3) is 0 Å². The summed E-state index contributed by atoms with van der Waals surface area (Å²) in [4.78, 5) is 35.3. The van der Waals surface area contributed by atoms with Crippen molar-refractivity contribution in [2.75, 3.05) is 14.2 Å². The second-order valence-corrected chi connectivity index (χ2v) is 7.68. The van der Waals surface area contributed by atoms with E-state index in [1.54, 1.807) is 37.3 Å². The van der Waals surface area contributed by atoms with Crippen LogP contribution in [0.2, 0.25) is 0 Å². The van der Waals surface area contributed by atoms with Crippen LogP contribution in [0.3, 0.4) is 0 Å². The summed E-state index contributed by atoms with van der Waals surface area (Å²) < 4.78 is 25.5. The van der Waals surface area contributed by atoms with E-state index < -0.39 is 7.82 Å². The third-order valence-corrected chi connectivity index (χ3v) is 4.93. The van der Waals surface area contributed by atoms with Crippen molar-refractivity contribution in [3.05, 3.63) is 53.1 Å². The lowest BCUT2D eigenvalue weighted by atomic mass is 10.0. The van der Waals surface area contributed by atoms with Gasteiger partial charge in [-0.05, 0) is 54.7 Å². The Morgan fingerprint density at radius 2 is 1.82 bits per heavy atom. The maximum atomic E-state index is 13.0. The van der Waals surface area contributed by atoms with Crippen LogP contribution in [0.4, 0.5) is 0 Å². The first-order chi connectivity index (χ1) is 13.2. The second kappa shape index (κ2) is 7.93. The smallest absolute Gasteiger partial charge is 0.497 e. The normalized spacial score (nSPS) is 18.5. The Labute approximate surface area is 162 Å². The standard InChI is InChI=1S/C19H21O8P/c1-11-4-5-12(8-18(11)26-27-28(21,22)23)14-10-15(14)19(20)16-9-13(24-2)6-7-17(16)25-3/h4-9,14-15H,10H2,1-3H3,(H2,21,22,23). The molecule has 2 aromatic carbocycles. The highest BCUT2D eigenvalue weighted by atomic mass is 31.2. The summed E-state index contributed by atoms with van der Waals surface area (Å²) in [5.74, 6) is 0.954. The molecule has 1 saturated carbocycles. The van der Waals surface area contributed by atoms with Crippen molar-refractivity contribution < 1.29 is 38.2 Å². The van der Waals surface area contributed by atoms with Crippen LogP contribution < -0.4 is 14.4 Å². The molecule has 0 radical (unpaired) electrons. The molecule has 1 fully saturated rings. The average molecular weight is 408 g/mol. The van der Waals surface area contributed by atoms with Crippen molar-refractivity contribution >= 4 is 13.6 Å². The van der Waals surface area contributed by atoms with Crippen molar-refractivity contribution in [1.29, 1.82) is 0 Å². The van der Waals surface area contributed by atoms with Crippen molar-refractivity contribution in [2.45, 2.75) is 19.3 Å². The first-order valence-electron chi connectivity index (χ1n) is 8.52. The van der Waals surface area contributed by atoms with Gasteiger partial charge in [-0.25, -0.2) is 4.57 Å². The van der Waals surface area contributed by atoms with Crippen LogP contribution in [-0.4, -0.2) is 29.8 Å². The van der Waals surface area contributed by atoms with E-state index in [9.17, 15) is 9.36 Å². The Kier molecular flexibility index (Phi) is 5.76. The summed E-state index contributed by atoms with van der Waals surface area (Å²) in [6.45, 7) is 1.72. The number of methoxy groups -OCH3 is 2. The minimum absolute atomic E-state index is 0.0265. The Balaban J connectivity index is 1.78. The third-order valence-electron chi connectivity index (χ3n) is 4.66. The quantitative estimate of drug-likeness (QED) is 0.296. The number of carbonyl (C=O) groups excluding carboxylic acids is 1. The van der Waals surface area contributed by atoms with Gasteiger partial charge in [-0.3, -0.25) is 4.79 Å². The molecule has 3 rings (SSSR count). The highest BCUT2D eigenvalue weighted by molar-refractivity contribution is 7.46. The van der Waals surface area contributed by atoms with Crippen LogP contribution in [0, 0.1) is 12.8 Å². The number of phosphoric acid groups is 1. The van der Waals surface area contributed by atoms with Crippen LogP contribution in [0.15, 0.2) is 36.4 Å². The molecular weight excluding hydrogens is 387 g/mol. The molecule has 0 amide bonds. The zero-order valence-corrected chi connectivity index (χ0v) is 16.5. The number of ether oxygens (including phenoxy) is 2. The molecule has 2 unspecified atom stereocenters. The topological polar surface area (TPSA) is 112 Å². The van der Waals surface area contributed by atoms with Crippen molar-refractivity contribution in [2.24, 2.45) is 5.92 Å². The van der Waals surface area contributed by atoms with Gasteiger partial charge < -0.3 is 24.1 Å². The summed E-state index contributed by atoms with van der Waals surface area (Å²) >= 11 is 0. The molecule has 2 atom stereocenters. The van der Waals surface area contributed by atoms with Crippen LogP contribution in [-0.2, 0) is 9.24 Å². The first-order valence-corrected chi connectivity index (χ1v) is 10.0. The molecule has 8 nitrogen and oxygen atoms in total. The van der Waals surface area contributed by atoms with Gasteiger partial charge in [0.1, 0.15) is 11.5 Å².